The highest BCUT2D eigenvalue weighted by Crippen LogP contribution is 2.55. The summed E-state index contributed by atoms with van der Waals surface area (Å²) < 4.78 is 11.1. The molecular weight excluding hydrogens is 368 g/mol. The Morgan fingerprint density at radius 2 is 1.86 bits per heavy atom. The number of amides is 1. The number of carbonyl (C=O) groups excluding carboxylic acids is 2. The molecule has 2 aliphatic heterocycles. The molecule has 1 unspecified atom stereocenters. The first-order valence-electron chi connectivity index (χ1n) is 9.37. The topological polar surface area (TPSA) is 90.7 Å². The van der Waals surface area contributed by atoms with Gasteiger partial charge in [-0.15, -0.1) is 0 Å². The number of nitrogens with two attached hydrogens (primary N) is 1. The van der Waals surface area contributed by atoms with Crippen molar-refractivity contribution < 1.29 is 19.1 Å². The third kappa shape index (κ3) is 2.17. The number of rotatable bonds is 2. The monoisotopic (exact) mass is 386 g/mol. The summed E-state index contributed by atoms with van der Waals surface area (Å²) in [7, 11) is 0. The maximum absolute atomic E-state index is 13.6. The number of fused-ring (bicyclic) bond motifs is 6. The van der Waals surface area contributed by atoms with E-state index in [0.717, 1.165) is 10.8 Å². The van der Waals surface area contributed by atoms with Gasteiger partial charge in [0, 0.05) is 16.8 Å². The van der Waals surface area contributed by atoms with Gasteiger partial charge in [0.15, 0.2) is 0 Å². The molecule has 5 rings (SSSR count). The number of hydrogen-bond donors (Lipinski definition) is 2. The summed E-state index contributed by atoms with van der Waals surface area (Å²) in [4.78, 5) is 26.7. The van der Waals surface area contributed by atoms with Gasteiger partial charge in [0.05, 0.1) is 6.61 Å². The minimum absolute atomic E-state index is 0.00523. The molecule has 1 spiro atoms. The summed E-state index contributed by atoms with van der Waals surface area (Å²) >= 11 is 0. The van der Waals surface area contributed by atoms with Gasteiger partial charge in [-0.2, -0.15) is 0 Å². The highest BCUT2D eigenvalue weighted by atomic mass is 16.5. The fourth-order valence-electron chi connectivity index (χ4n) is 4.41. The van der Waals surface area contributed by atoms with E-state index in [-0.39, 0.29) is 24.0 Å². The molecule has 0 aliphatic carbocycles. The Bertz CT molecular complexity index is 1230. The van der Waals surface area contributed by atoms with Crippen molar-refractivity contribution in [1.29, 1.82) is 0 Å². The molecule has 6 heteroatoms. The Morgan fingerprint density at radius 3 is 2.69 bits per heavy atom. The van der Waals surface area contributed by atoms with Crippen LogP contribution in [0, 0.1) is 0 Å². The van der Waals surface area contributed by atoms with Crippen LogP contribution in [0.2, 0.25) is 0 Å². The molecule has 3 N–H and O–H groups in total. The molecule has 29 heavy (non-hydrogen) atoms. The number of hydrogen-bond acceptors (Lipinski definition) is 5. The predicted molar refractivity (Wildman–Crippen MR) is 108 cm³/mol. The zero-order valence-electron chi connectivity index (χ0n) is 15.7. The third-order valence-corrected chi connectivity index (χ3v) is 5.51. The lowest BCUT2D eigenvalue weighted by Gasteiger charge is -2.36. The van der Waals surface area contributed by atoms with Crippen molar-refractivity contribution in [3.05, 3.63) is 83.2 Å². The van der Waals surface area contributed by atoms with Gasteiger partial charge >= 0.3 is 5.97 Å². The minimum atomic E-state index is -1.46. The van der Waals surface area contributed by atoms with Gasteiger partial charge in [-0.3, -0.25) is 4.79 Å². The second-order valence-corrected chi connectivity index (χ2v) is 6.97. The maximum Gasteiger partial charge on any atom is 0.341 e. The number of carbonyl (C=O) groups is 2. The molecule has 3 aromatic carbocycles. The summed E-state index contributed by atoms with van der Waals surface area (Å²) in [6.45, 7) is 1.86. The summed E-state index contributed by atoms with van der Waals surface area (Å²) in [5.74, 6) is -0.708. The Morgan fingerprint density at radius 1 is 1.10 bits per heavy atom. The van der Waals surface area contributed by atoms with Gasteiger partial charge in [-0.05, 0) is 29.8 Å². The van der Waals surface area contributed by atoms with Gasteiger partial charge < -0.3 is 20.5 Å². The number of para-hydroxylation sites is 1. The fourth-order valence-corrected chi connectivity index (χ4v) is 4.41. The van der Waals surface area contributed by atoms with Crippen LogP contribution in [0.4, 0.5) is 5.69 Å². The molecule has 6 nitrogen and oxygen atoms in total. The van der Waals surface area contributed by atoms with E-state index in [1.165, 1.54) is 0 Å². The lowest BCUT2D eigenvalue weighted by molar-refractivity contribution is -0.140. The van der Waals surface area contributed by atoms with Crippen molar-refractivity contribution in [3.8, 4) is 5.75 Å². The maximum atomic E-state index is 13.6. The van der Waals surface area contributed by atoms with Crippen LogP contribution in [0.5, 0.6) is 5.75 Å². The van der Waals surface area contributed by atoms with E-state index in [0.29, 0.717) is 22.6 Å². The average Bonchev–Trinajstić information content (AvgIpc) is 3.00. The van der Waals surface area contributed by atoms with Crippen molar-refractivity contribution in [2.45, 2.75) is 12.3 Å². The molecular formula is C23H18N2O4. The highest BCUT2D eigenvalue weighted by Gasteiger charge is 2.59. The quantitative estimate of drug-likeness (QED) is 0.660. The molecule has 144 valence electrons. The van der Waals surface area contributed by atoms with Crippen LogP contribution in [0.3, 0.4) is 0 Å². The second-order valence-electron chi connectivity index (χ2n) is 6.97. The van der Waals surface area contributed by atoms with Gasteiger partial charge in [0.1, 0.15) is 16.7 Å². The number of anilines is 1. The minimum Gasteiger partial charge on any atom is -0.462 e. The largest absolute Gasteiger partial charge is 0.462 e. The predicted octanol–water partition coefficient (Wildman–Crippen LogP) is 3.20. The first kappa shape index (κ1) is 17.3. The van der Waals surface area contributed by atoms with Gasteiger partial charge in [0.2, 0.25) is 11.8 Å². The van der Waals surface area contributed by atoms with Crippen LogP contribution in [0.15, 0.2) is 72.1 Å². The molecule has 1 atom stereocenters. The van der Waals surface area contributed by atoms with Crippen molar-refractivity contribution in [2.75, 3.05) is 11.9 Å². The van der Waals surface area contributed by atoms with Crippen LogP contribution in [-0.4, -0.2) is 18.5 Å². The van der Waals surface area contributed by atoms with E-state index in [1.54, 1.807) is 19.1 Å². The number of esters is 1. The zero-order valence-corrected chi connectivity index (χ0v) is 15.7. The van der Waals surface area contributed by atoms with Crippen LogP contribution in [0.25, 0.3) is 10.8 Å². The van der Waals surface area contributed by atoms with Gasteiger partial charge in [0.25, 0.3) is 0 Å². The molecule has 0 radical (unpaired) electrons. The smallest absolute Gasteiger partial charge is 0.341 e. The Labute approximate surface area is 166 Å². The summed E-state index contributed by atoms with van der Waals surface area (Å²) in [5, 5.41) is 4.66. The summed E-state index contributed by atoms with van der Waals surface area (Å²) in [6, 6.07) is 18.7. The van der Waals surface area contributed by atoms with E-state index in [4.69, 9.17) is 15.2 Å². The molecule has 0 saturated heterocycles. The normalized spacial score (nSPS) is 19.6. The Balaban J connectivity index is 1.96. The first-order chi connectivity index (χ1) is 14.1. The van der Waals surface area contributed by atoms with E-state index >= 15 is 0 Å². The Kier molecular flexibility index (Phi) is 3.64. The molecule has 2 aliphatic rings. The molecule has 0 aromatic heterocycles. The van der Waals surface area contributed by atoms with E-state index < -0.39 is 11.4 Å². The molecule has 0 saturated carbocycles. The Hall–Kier alpha value is -3.80. The van der Waals surface area contributed by atoms with Gasteiger partial charge in [-0.25, -0.2) is 4.79 Å². The fraction of sp³-hybridized carbons (Fsp3) is 0.130. The molecule has 3 aromatic rings. The first-order valence-corrected chi connectivity index (χ1v) is 9.37. The highest BCUT2D eigenvalue weighted by molar-refractivity contribution is 6.19. The average molecular weight is 386 g/mol. The lowest BCUT2D eigenvalue weighted by Crippen LogP contribution is -2.46. The van der Waals surface area contributed by atoms with Crippen molar-refractivity contribution in [3.63, 3.8) is 0 Å². The summed E-state index contributed by atoms with van der Waals surface area (Å²) in [5.41, 5.74) is 6.64. The zero-order chi connectivity index (χ0) is 20.2. The SMILES string of the molecule is CCOC(=O)C1=C(N)Oc2ccc3ccccc3c2C12C(=O)Nc1ccccc12. The molecule has 2 heterocycles. The van der Waals surface area contributed by atoms with Crippen LogP contribution >= 0.6 is 0 Å². The van der Waals surface area contributed by atoms with E-state index in [1.807, 2.05) is 48.5 Å². The summed E-state index contributed by atoms with van der Waals surface area (Å²) in [6.07, 6.45) is 0. The van der Waals surface area contributed by atoms with Crippen molar-refractivity contribution in [1.82, 2.24) is 0 Å². The van der Waals surface area contributed by atoms with Gasteiger partial charge in [-0.1, -0.05) is 48.5 Å². The molecule has 1 amide bonds. The second kappa shape index (κ2) is 6.10. The number of ether oxygens (including phenoxy) is 2. The van der Waals surface area contributed by atoms with Crippen LogP contribution < -0.4 is 15.8 Å². The number of nitrogens with one attached hydrogen (secondary N) is 1. The van der Waals surface area contributed by atoms with Crippen molar-refractivity contribution in [2.24, 2.45) is 5.73 Å². The van der Waals surface area contributed by atoms with E-state index in [9.17, 15) is 9.59 Å². The molecule has 0 fully saturated rings. The van der Waals surface area contributed by atoms with Crippen LogP contribution in [0.1, 0.15) is 18.1 Å². The standard InChI is InChI=1S/C23H18N2O4/c1-2-28-21(26)19-20(24)29-17-12-11-13-7-3-4-8-14(13)18(17)23(19)15-9-5-6-10-16(15)25-22(23)27/h3-12H,2,24H2,1H3,(H,25,27). The van der Waals surface area contributed by atoms with E-state index in [2.05, 4.69) is 5.32 Å². The van der Waals surface area contributed by atoms with Crippen LogP contribution in [-0.2, 0) is 19.7 Å². The van der Waals surface area contributed by atoms with Crippen molar-refractivity contribution >= 4 is 28.3 Å². The number of benzene rings is 3. The third-order valence-electron chi connectivity index (χ3n) is 5.51. The lowest BCUT2D eigenvalue weighted by atomic mass is 9.67. The molecule has 0 bridgehead atoms.